The fourth-order valence-electron chi connectivity index (χ4n) is 0.957. The molecule has 0 radical (unpaired) electrons. The third kappa shape index (κ3) is 4.04. The van der Waals surface area contributed by atoms with Crippen LogP contribution in [0.15, 0.2) is 11.2 Å². The fraction of sp³-hybridized carbons (Fsp3) is 0.167. The van der Waals surface area contributed by atoms with Gasteiger partial charge in [-0.1, -0.05) is 0 Å². The predicted molar refractivity (Wildman–Crippen MR) is 63.3 cm³/mol. The number of halogens is 5. The van der Waals surface area contributed by atoms with Crippen LogP contribution in [-0.2, 0) is 9.05 Å². The van der Waals surface area contributed by atoms with Crippen LogP contribution < -0.4 is 4.74 Å². The second-order valence-electron chi connectivity index (χ2n) is 2.83. The van der Waals surface area contributed by atoms with E-state index < -0.39 is 40.4 Å². The molecule has 1 aromatic heterocycles. The summed E-state index contributed by atoms with van der Waals surface area (Å²) in [6.07, 6.45) is -4.92. The van der Waals surface area contributed by atoms with Crippen LogP contribution in [0.3, 0.4) is 0 Å². The number of rotatable bonds is 3. The molecule has 0 N–H and O–H groups in total. The number of ether oxygens (including phenoxy) is 1. The molecule has 0 atom stereocenters. The zero-order valence-corrected chi connectivity index (χ0v) is 12.0. The van der Waals surface area contributed by atoms with E-state index in [-0.39, 0.29) is 0 Å². The van der Waals surface area contributed by atoms with Gasteiger partial charge in [0.2, 0.25) is 5.75 Å². The van der Waals surface area contributed by atoms with E-state index in [9.17, 15) is 31.7 Å². The molecule has 0 aromatic carbocycles. The monoisotopic (exact) mass is 432 g/mol. The summed E-state index contributed by atoms with van der Waals surface area (Å²) < 4.78 is 61.2. The Balaban J connectivity index is 3.58. The normalized spacial score (nSPS) is 12.3. The van der Waals surface area contributed by atoms with Gasteiger partial charge < -0.3 is 4.74 Å². The first-order chi connectivity index (χ1) is 8.43. The second-order valence-corrected chi connectivity index (χ2v) is 6.39. The predicted octanol–water partition coefficient (Wildman–Crippen LogP) is 2.42. The summed E-state index contributed by atoms with van der Waals surface area (Å²) in [5, 5.41) is 9.59. The minimum atomic E-state index is -5.24. The van der Waals surface area contributed by atoms with Crippen molar-refractivity contribution in [3.8, 4) is 5.75 Å². The molecule has 1 aromatic rings. The SMILES string of the molecule is O=[N+]([O-])c1cnc(S(=O)(=O)Cl)c(I)c1OC(F)(F)F. The minimum Gasteiger partial charge on any atom is -0.397 e. The highest BCUT2D eigenvalue weighted by molar-refractivity contribution is 14.1. The maximum Gasteiger partial charge on any atom is 0.573 e. The fourth-order valence-corrected chi connectivity index (χ4v) is 3.58. The van der Waals surface area contributed by atoms with Gasteiger partial charge >= 0.3 is 12.0 Å². The van der Waals surface area contributed by atoms with Crippen LogP contribution in [0.25, 0.3) is 0 Å². The summed E-state index contributed by atoms with van der Waals surface area (Å²) in [5.74, 6) is -1.28. The molecule has 0 bridgehead atoms. The lowest BCUT2D eigenvalue weighted by Gasteiger charge is -2.11. The Morgan fingerprint density at radius 1 is 1.47 bits per heavy atom. The van der Waals surface area contributed by atoms with Crippen molar-refractivity contribution < 1.29 is 31.2 Å². The van der Waals surface area contributed by atoms with Gasteiger partial charge in [-0.05, 0) is 22.6 Å². The Kier molecular flexibility index (Phi) is 4.46. The number of aromatic nitrogens is 1. The van der Waals surface area contributed by atoms with Gasteiger partial charge in [0.05, 0.1) is 4.92 Å². The molecule has 0 aliphatic carbocycles. The second kappa shape index (κ2) is 5.24. The van der Waals surface area contributed by atoms with Crippen molar-refractivity contribution in [1.82, 2.24) is 4.98 Å². The van der Waals surface area contributed by atoms with Gasteiger partial charge in [-0.25, -0.2) is 13.4 Å². The van der Waals surface area contributed by atoms with Crippen molar-refractivity contribution in [2.75, 3.05) is 0 Å². The van der Waals surface area contributed by atoms with Crippen LogP contribution in [0.1, 0.15) is 0 Å². The maximum atomic E-state index is 12.1. The molecule has 7 nitrogen and oxygen atoms in total. The summed E-state index contributed by atoms with van der Waals surface area (Å²) in [4.78, 5) is 12.5. The number of nitrogens with zero attached hydrogens (tertiary/aromatic N) is 2. The molecule has 106 valence electrons. The summed E-state index contributed by atoms with van der Waals surface area (Å²) in [5.41, 5.74) is -1.13. The molecule has 19 heavy (non-hydrogen) atoms. The molecule has 0 amide bonds. The first kappa shape index (κ1) is 16.2. The van der Waals surface area contributed by atoms with E-state index in [1.165, 1.54) is 0 Å². The van der Waals surface area contributed by atoms with Gasteiger partial charge in [-0.2, -0.15) is 0 Å². The summed E-state index contributed by atoms with van der Waals surface area (Å²) in [6.45, 7) is 0. The molecule has 13 heteroatoms. The Morgan fingerprint density at radius 2 is 2.00 bits per heavy atom. The van der Waals surface area contributed by atoms with Gasteiger partial charge in [0.25, 0.3) is 9.05 Å². The van der Waals surface area contributed by atoms with Crippen molar-refractivity contribution in [2.24, 2.45) is 0 Å². The highest BCUT2D eigenvalue weighted by Crippen LogP contribution is 2.38. The molecule has 0 unspecified atom stereocenters. The van der Waals surface area contributed by atoms with Crippen molar-refractivity contribution >= 4 is 48.0 Å². The van der Waals surface area contributed by atoms with Crippen LogP contribution in [0, 0.1) is 13.7 Å². The van der Waals surface area contributed by atoms with Gasteiger partial charge in [0.1, 0.15) is 9.77 Å². The lowest BCUT2D eigenvalue weighted by molar-refractivity contribution is -0.389. The number of nitro groups is 1. The van der Waals surface area contributed by atoms with E-state index in [1.807, 2.05) is 0 Å². The number of hydrogen-bond donors (Lipinski definition) is 0. The average Bonchev–Trinajstić information content (AvgIpc) is 2.16. The van der Waals surface area contributed by atoms with Gasteiger partial charge in [-0.3, -0.25) is 10.1 Å². The van der Waals surface area contributed by atoms with Crippen molar-refractivity contribution in [2.45, 2.75) is 11.4 Å². The first-order valence-electron chi connectivity index (χ1n) is 3.97. The van der Waals surface area contributed by atoms with E-state index >= 15 is 0 Å². The van der Waals surface area contributed by atoms with Gasteiger partial charge in [0.15, 0.2) is 5.03 Å². The number of hydrogen-bond acceptors (Lipinski definition) is 6. The smallest absolute Gasteiger partial charge is 0.397 e. The Morgan fingerprint density at radius 3 is 2.37 bits per heavy atom. The Labute approximate surface area is 121 Å². The third-order valence-corrected chi connectivity index (χ3v) is 4.15. The third-order valence-electron chi connectivity index (χ3n) is 1.57. The van der Waals surface area contributed by atoms with Crippen LogP contribution in [0.2, 0.25) is 0 Å². The highest BCUT2D eigenvalue weighted by atomic mass is 127. The van der Waals surface area contributed by atoms with Crippen molar-refractivity contribution in [3.05, 3.63) is 19.9 Å². The Bertz CT molecular complexity index is 634. The summed E-state index contributed by atoms with van der Waals surface area (Å²) in [6, 6.07) is 0. The van der Waals surface area contributed by atoms with Gasteiger partial charge in [0, 0.05) is 10.7 Å². The summed E-state index contributed by atoms with van der Waals surface area (Å²) in [7, 11) is 0.467. The molecule has 1 heterocycles. The van der Waals surface area contributed by atoms with Crippen LogP contribution >= 0.6 is 33.3 Å². The van der Waals surface area contributed by atoms with Crippen molar-refractivity contribution in [3.63, 3.8) is 0 Å². The molecule has 0 saturated carbocycles. The lowest BCUT2D eigenvalue weighted by Crippen LogP contribution is -2.19. The molecule has 1 rings (SSSR count). The molecule has 0 saturated heterocycles. The van der Waals surface area contributed by atoms with E-state index in [0.717, 1.165) is 22.6 Å². The van der Waals surface area contributed by atoms with Gasteiger partial charge in [-0.15, -0.1) is 13.2 Å². The molecular weight excluding hydrogens is 431 g/mol. The zero-order chi connectivity index (χ0) is 15.0. The van der Waals surface area contributed by atoms with E-state index in [2.05, 4.69) is 9.72 Å². The quantitative estimate of drug-likeness (QED) is 0.315. The molecule has 0 aliphatic rings. The van der Waals surface area contributed by atoms with Crippen molar-refractivity contribution in [1.29, 1.82) is 0 Å². The van der Waals surface area contributed by atoms with E-state index in [1.54, 1.807) is 0 Å². The zero-order valence-electron chi connectivity index (χ0n) is 8.31. The van der Waals surface area contributed by atoms with Crippen LogP contribution in [0.4, 0.5) is 18.9 Å². The highest BCUT2D eigenvalue weighted by Gasteiger charge is 2.38. The molecule has 0 fully saturated rings. The minimum absolute atomic E-state index is 0.318. The number of pyridine rings is 1. The largest absolute Gasteiger partial charge is 0.573 e. The molecule has 0 spiro atoms. The molecular formula is C6HClF3IN2O5S. The molecule has 0 aliphatic heterocycles. The standard InChI is InChI=1S/C6HClF3IN2O5S/c7-19(16,17)5-3(11)4(18-6(8,9)10)2(1-12-5)13(14)15/h1H. The summed E-state index contributed by atoms with van der Waals surface area (Å²) >= 11 is 1.11. The lowest BCUT2D eigenvalue weighted by atomic mass is 10.4. The van der Waals surface area contributed by atoms with Crippen LogP contribution in [-0.4, -0.2) is 24.7 Å². The number of alkyl halides is 3. The maximum absolute atomic E-state index is 12.1. The Hall–Kier alpha value is -0.890. The van der Waals surface area contributed by atoms with Crippen LogP contribution in [0.5, 0.6) is 5.75 Å². The average molecular weight is 433 g/mol. The van der Waals surface area contributed by atoms with E-state index in [4.69, 9.17) is 10.7 Å². The first-order valence-corrected chi connectivity index (χ1v) is 7.35. The van der Waals surface area contributed by atoms with E-state index in [0.29, 0.717) is 6.20 Å². The topological polar surface area (TPSA) is 99.4 Å².